The van der Waals surface area contributed by atoms with E-state index in [2.05, 4.69) is 4.98 Å². The van der Waals surface area contributed by atoms with Gasteiger partial charge in [-0.1, -0.05) is 0 Å². The maximum Gasteiger partial charge on any atom is 0.215 e. The van der Waals surface area contributed by atoms with Gasteiger partial charge >= 0.3 is 0 Å². The molecule has 0 unspecified atom stereocenters. The van der Waals surface area contributed by atoms with E-state index in [1.807, 2.05) is 13.0 Å². The molecule has 1 saturated carbocycles. The number of pyridine rings is 1. The number of aryl methyl sites for hydroxylation is 1. The standard InChI is InChI=1S/C13H17NO3/c1-9-7-10(8-14-12(9)17-2)13(16)5-3-11(15)4-6-13/h7-8,16H,3-6H2,1-2H3. The summed E-state index contributed by atoms with van der Waals surface area (Å²) in [6.07, 6.45) is 3.50. The first-order valence-electron chi connectivity index (χ1n) is 5.80. The summed E-state index contributed by atoms with van der Waals surface area (Å²) in [6, 6.07) is 1.89. The predicted octanol–water partition coefficient (Wildman–Crippen LogP) is 1.73. The number of ether oxygens (including phenoxy) is 1. The molecule has 17 heavy (non-hydrogen) atoms. The second kappa shape index (κ2) is 4.45. The molecule has 4 heteroatoms. The van der Waals surface area contributed by atoms with E-state index >= 15 is 0 Å². The fraction of sp³-hybridized carbons (Fsp3) is 0.538. The van der Waals surface area contributed by atoms with Crippen LogP contribution in [-0.2, 0) is 10.4 Å². The van der Waals surface area contributed by atoms with Crippen LogP contribution in [0.15, 0.2) is 12.3 Å². The van der Waals surface area contributed by atoms with Crippen LogP contribution in [0.2, 0.25) is 0 Å². The van der Waals surface area contributed by atoms with Gasteiger partial charge in [0.15, 0.2) is 0 Å². The van der Waals surface area contributed by atoms with Crippen LogP contribution >= 0.6 is 0 Å². The molecule has 0 spiro atoms. The van der Waals surface area contributed by atoms with Gasteiger partial charge in [0.05, 0.1) is 12.7 Å². The number of methoxy groups -OCH3 is 1. The SMILES string of the molecule is COc1ncc(C2(O)CCC(=O)CC2)cc1C. The van der Waals surface area contributed by atoms with Gasteiger partial charge in [-0.3, -0.25) is 4.79 Å². The Labute approximate surface area is 101 Å². The van der Waals surface area contributed by atoms with Crippen LogP contribution < -0.4 is 4.74 Å². The molecule has 92 valence electrons. The molecule has 1 N–H and O–H groups in total. The average molecular weight is 235 g/mol. The van der Waals surface area contributed by atoms with E-state index in [9.17, 15) is 9.90 Å². The number of rotatable bonds is 2. The second-order valence-electron chi connectivity index (χ2n) is 4.62. The zero-order valence-electron chi connectivity index (χ0n) is 10.2. The molecule has 2 rings (SSSR count). The summed E-state index contributed by atoms with van der Waals surface area (Å²) in [5, 5.41) is 10.5. The molecule has 1 aromatic heterocycles. The van der Waals surface area contributed by atoms with Crippen molar-refractivity contribution in [2.24, 2.45) is 0 Å². The monoisotopic (exact) mass is 235 g/mol. The summed E-state index contributed by atoms with van der Waals surface area (Å²) >= 11 is 0. The minimum absolute atomic E-state index is 0.230. The number of nitrogens with zero attached hydrogens (tertiary/aromatic N) is 1. The van der Waals surface area contributed by atoms with Crippen molar-refractivity contribution in [1.82, 2.24) is 4.98 Å². The molecule has 0 amide bonds. The van der Waals surface area contributed by atoms with Crippen molar-refractivity contribution >= 4 is 5.78 Å². The van der Waals surface area contributed by atoms with E-state index in [1.165, 1.54) is 0 Å². The van der Waals surface area contributed by atoms with Crippen LogP contribution in [-0.4, -0.2) is 23.0 Å². The van der Waals surface area contributed by atoms with Gasteiger partial charge in [-0.25, -0.2) is 4.98 Å². The summed E-state index contributed by atoms with van der Waals surface area (Å²) < 4.78 is 5.09. The van der Waals surface area contributed by atoms with Crippen LogP contribution in [0.1, 0.15) is 36.8 Å². The molecule has 1 fully saturated rings. The lowest BCUT2D eigenvalue weighted by molar-refractivity contribution is -0.125. The maximum absolute atomic E-state index is 11.2. The van der Waals surface area contributed by atoms with Gasteiger partial charge in [-0.05, 0) is 25.8 Å². The highest BCUT2D eigenvalue weighted by atomic mass is 16.5. The van der Waals surface area contributed by atoms with E-state index in [0.717, 1.165) is 11.1 Å². The molecule has 0 bridgehead atoms. The minimum Gasteiger partial charge on any atom is -0.481 e. The van der Waals surface area contributed by atoms with Crippen LogP contribution in [0.5, 0.6) is 5.88 Å². The molecule has 4 nitrogen and oxygen atoms in total. The van der Waals surface area contributed by atoms with Crippen molar-refractivity contribution in [3.8, 4) is 5.88 Å². The summed E-state index contributed by atoms with van der Waals surface area (Å²) in [5.41, 5.74) is 0.774. The molecule has 1 heterocycles. The van der Waals surface area contributed by atoms with Crippen molar-refractivity contribution in [1.29, 1.82) is 0 Å². The van der Waals surface area contributed by atoms with E-state index in [-0.39, 0.29) is 5.78 Å². The molecule has 0 saturated heterocycles. The average Bonchev–Trinajstić information content (AvgIpc) is 2.33. The van der Waals surface area contributed by atoms with Crippen molar-refractivity contribution in [3.63, 3.8) is 0 Å². The summed E-state index contributed by atoms with van der Waals surface area (Å²) in [6.45, 7) is 1.90. The Morgan fingerprint density at radius 1 is 1.41 bits per heavy atom. The van der Waals surface area contributed by atoms with Gasteiger partial charge < -0.3 is 9.84 Å². The summed E-state index contributed by atoms with van der Waals surface area (Å²) in [4.78, 5) is 15.4. The minimum atomic E-state index is -0.905. The quantitative estimate of drug-likeness (QED) is 0.848. The van der Waals surface area contributed by atoms with E-state index in [4.69, 9.17) is 4.74 Å². The van der Waals surface area contributed by atoms with E-state index < -0.39 is 5.60 Å². The van der Waals surface area contributed by atoms with Crippen LogP contribution in [0.3, 0.4) is 0 Å². The molecular formula is C13H17NO3. The number of aromatic nitrogens is 1. The Hall–Kier alpha value is -1.42. The van der Waals surface area contributed by atoms with Gasteiger partial charge in [0.1, 0.15) is 5.78 Å². The van der Waals surface area contributed by atoms with Crippen LogP contribution in [0, 0.1) is 6.92 Å². The highest BCUT2D eigenvalue weighted by molar-refractivity contribution is 5.79. The third-order valence-corrected chi connectivity index (χ3v) is 3.40. The van der Waals surface area contributed by atoms with Crippen LogP contribution in [0.25, 0.3) is 0 Å². The molecule has 0 atom stereocenters. The fourth-order valence-corrected chi connectivity index (χ4v) is 2.26. The molecule has 0 aliphatic heterocycles. The predicted molar refractivity (Wildman–Crippen MR) is 62.9 cm³/mol. The lowest BCUT2D eigenvalue weighted by Crippen LogP contribution is -2.31. The van der Waals surface area contributed by atoms with Crippen molar-refractivity contribution in [2.75, 3.05) is 7.11 Å². The first kappa shape index (κ1) is 12.0. The van der Waals surface area contributed by atoms with Gasteiger partial charge in [0.25, 0.3) is 0 Å². The third kappa shape index (κ3) is 2.31. The number of hydrogen-bond acceptors (Lipinski definition) is 4. The normalized spacial score (nSPS) is 19.1. The van der Waals surface area contributed by atoms with Gasteiger partial charge in [-0.2, -0.15) is 0 Å². The summed E-state index contributed by atoms with van der Waals surface area (Å²) in [7, 11) is 1.57. The molecule has 1 aliphatic rings. The number of hydrogen-bond donors (Lipinski definition) is 1. The topological polar surface area (TPSA) is 59.4 Å². The van der Waals surface area contributed by atoms with E-state index in [0.29, 0.717) is 31.6 Å². The van der Waals surface area contributed by atoms with Crippen molar-refractivity contribution in [2.45, 2.75) is 38.2 Å². The Kier molecular flexibility index (Phi) is 3.15. The highest BCUT2D eigenvalue weighted by Gasteiger charge is 2.34. The Morgan fingerprint density at radius 3 is 2.59 bits per heavy atom. The molecule has 0 aromatic carbocycles. The number of carbonyl (C=O) groups excluding carboxylic acids is 1. The first-order chi connectivity index (χ1) is 8.05. The second-order valence-corrected chi connectivity index (χ2v) is 4.62. The number of aliphatic hydroxyl groups is 1. The fourth-order valence-electron chi connectivity index (χ4n) is 2.26. The molecule has 1 aromatic rings. The van der Waals surface area contributed by atoms with Crippen molar-refractivity contribution in [3.05, 3.63) is 23.4 Å². The Bertz CT molecular complexity index is 432. The zero-order chi connectivity index (χ0) is 12.5. The van der Waals surface area contributed by atoms with Gasteiger partial charge in [0.2, 0.25) is 5.88 Å². The summed E-state index contributed by atoms with van der Waals surface area (Å²) in [5.74, 6) is 0.803. The van der Waals surface area contributed by atoms with Crippen molar-refractivity contribution < 1.29 is 14.6 Å². The molecule has 1 aliphatic carbocycles. The highest BCUT2D eigenvalue weighted by Crippen LogP contribution is 2.36. The lowest BCUT2D eigenvalue weighted by atomic mass is 9.79. The van der Waals surface area contributed by atoms with E-state index in [1.54, 1.807) is 13.3 Å². The molecular weight excluding hydrogens is 218 g/mol. The Morgan fingerprint density at radius 2 is 2.06 bits per heavy atom. The number of Topliss-reactive ketones (excluding diaryl/α,β-unsaturated/α-hetero) is 1. The first-order valence-corrected chi connectivity index (χ1v) is 5.80. The smallest absolute Gasteiger partial charge is 0.215 e. The Balaban J connectivity index is 2.27. The maximum atomic E-state index is 11.2. The number of ketones is 1. The largest absolute Gasteiger partial charge is 0.481 e. The van der Waals surface area contributed by atoms with Gasteiger partial charge in [0, 0.05) is 30.2 Å². The van der Waals surface area contributed by atoms with Gasteiger partial charge in [-0.15, -0.1) is 0 Å². The number of carbonyl (C=O) groups is 1. The third-order valence-electron chi connectivity index (χ3n) is 3.40. The molecule has 0 radical (unpaired) electrons. The lowest BCUT2D eigenvalue weighted by Gasteiger charge is -2.31. The van der Waals surface area contributed by atoms with Crippen LogP contribution in [0.4, 0.5) is 0 Å². The zero-order valence-corrected chi connectivity index (χ0v) is 10.2.